The first-order valence-corrected chi connectivity index (χ1v) is 7.42. The fourth-order valence-electron chi connectivity index (χ4n) is 1.96. The number of hydrogen-bond acceptors (Lipinski definition) is 2. The lowest BCUT2D eigenvalue weighted by atomic mass is 10.0. The number of thioether (sulfide) groups is 1. The number of hydrogen-bond donors (Lipinski definition) is 1. The van der Waals surface area contributed by atoms with Crippen LogP contribution in [0.15, 0.2) is 53.4 Å². The van der Waals surface area contributed by atoms with Crippen molar-refractivity contribution in [1.29, 1.82) is 0 Å². The van der Waals surface area contributed by atoms with Crippen LogP contribution >= 0.6 is 11.8 Å². The predicted octanol–water partition coefficient (Wildman–Crippen LogP) is 4.78. The van der Waals surface area contributed by atoms with Gasteiger partial charge in [-0.15, -0.1) is 0 Å². The third kappa shape index (κ3) is 4.32. The van der Waals surface area contributed by atoms with Gasteiger partial charge in [-0.25, -0.2) is 0 Å². The average molecular weight is 293 g/mol. The molecule has 0 fully saturated rings. The van der Waals surface area contributed by atoms with E-state index in [4.69, 9.17) is 0 Å². The van der Waals surface area contributed by atoms with Crippen LogP contribution < -0.4 is 5.32 Å². The van der Waals surface area contributed by atoms with Crippen LogP contribution in [-0.4, -0.2) is 12.3 Å². The van der Waals surface area contributed by atoms with Crippen molar-refractivity contribution in [2.24, 2.45) is 0 Å². The summed E-state index contributed by atoms with van der Waals surface area (Å²) in [5.74, 6) is -2.37. The maximum Gasteiger partial charge on any atom is 0.288 e. The zero-order chi connectivity index (χ0) is 14.4. The topological polar surface area (TPSA) is 12.0 Å². The maximum absolute atomic E-state index is 12.3. The molecule has 0 saturated heterocycles. The second-order valence-electron chi connectivity index (χ2n) is 4.38. The second-order valence-corrected chi connectivity index (χ2v) is 5.45. The summed E-state index contributed by atoms with van der Waals surface area (Å²) in [6.45, 7) is 3.84. The van der Waals surface area contributed by atoms with Gasteiger partial charge in [0.25, 0.3) is 5.76 Å². The van der Waals surface area contributed by atoms with Crippen LogP contribution in [0.25, 0.3) is 11.1 Å². The lowest BCUT2D eigenvalue weighted by Gasteiger charge is -2.07. The van der Waals surface area contributed by atoms with Gasteiger partial charge < -0.3 is 5.32 Å². The molecule has 0 aliphatic heterocycles. The van der Waals surface area contributed by atoms with Crippen molar-refractivity contribution in [3.05, 3.63) is 54.1 Å². The Morgan fingerprint density at radius 3 is 2.45 bits per heavy atom. The molecule has 0 aromatic heterocycles. The normalized spacial score (nSPS) is 11.0. The van der Waals surface area contributed by atoms with Crippen LogP contribution in [0.4, 0.5) is 8.78 Å². The highest BCUT2D eigenvalue weighted by Gasteiger charge is 2.05. The highest BCUT2D eigenvalue weighted by molar-refractivity contribution is 7.99. The smallest absolute Gasteiger partial charge is 0.288 e. The number of benzene rings is 2. The molecular formula is C16H17F2NS. The Hall–Kier alpha value is -1.39. The van der Waals surface area contributed by atoms with E-state index in [1.807, 2.05) is 24.3 Å². The zero-order valence-corrected chi connectivity index (χ0v) is 12.1. The van der Waals surface area contributed by atoms with Gasteiger partial charge in [0.2, 0.25) is 0 Å². The summed E-state index contributed by atoms with van der Waals surface area (Å²) >= 11 is 0.573. The van der Waals surface area contributed by atoms with Crippen LogP contribution in [0, 0.1) is 0 Å². The lowest BCUT2D eigenvalue weighted by Crippen LogP contribution is -2.11. The molecule has 0 heterocycles. The Balaban J connectivity index is 2.14. The van der Waals surface area contributed by atoms with E-state index in [2.05, 4.69) is 24.4 Å². The van der Waals surface area contributed by atoms with Gasteiger partial charge in [-0.2, -0.15) is 8.78 Å². The SMILES string of the molecule is CCNCc1cccc(-c2ccc(SC(F)F)cc2)c1. The molecule has 0 spiro atoms. The van der Waals surface area contributed by atoms with Gasteiger partial charge in [0, 0.05) is 11.4 Å². The minimum atomic E-state index is -2.37. The molecule has 0 aliphatic carbocycles. The van der Waals surface area contributed by atoms with Crippen LogP contribution in [-0.2, 0) is 6.54 Å². The van der Waals surface area contributed by atoms with Crippen LogP contribution in [0.1, 0.15) is 12.5 Å². The summed E-state index contributed by atoms with van der Waals surface area (Å²) in [6.07, 6.45) is 0. The molecule has 20 heavy (non-hydrogen) atoms. The van der Waals surface area contributed by atoms with Gasteiger partial charge in [-0.1, -0.05) is 49.0 Å². The van der Waals surface area contributed by atoms with Crippen molar-refractivity contribution in [2.75, 3.05) is 6.54 Å². The molecule has 4 heteroatoms. The van der Waals surface area contributed by atoms with Gasteiger partial charge >= 0.3 is 0 Å². The molecule has 1 N–H and O–H groups in total. The summed E-state index contributed by atoms with van der Waals surface area (Å²) in [5, 5.41) is 3.29. The summed E-state index contributed by atoms with van der Waals surface area (Å²) in [4.78, 5) is 0.590. The van der Waals surface area contributed by atoms with E-state index >= 15 is 0 Å². The van der Waals surface area contributed by atoms with E-state index in [1.54, 1.807) is 12.1 Å². The Morgan fingerprint density at radius 2 is 1.80 bits per heavy atom. The molecule has 0 atom stereocenters. The van der Waals surface area contributed by atoms with Crippen LogP contribution in [0.3, 0.4) is 0 Å². The number of nitrogens with one attached hydrogen (secondary N) is 1. The van der Waals surface area contributed by atoms with E-state index in [0.29, 0.717) is 16.7 Å². The first kappa shape index (κ1) is 15.0. The van der Waals surface area contributed by atoms with Crippen LogP contribution in [0.2, 0.25) is 0 Å². The van der Waals surface area contributed by atoms with E-state index in [-0.39, 0.29) is 0 Å². The van der Waals surface area contributed by atoms with E-state index in [1.165, 1.54) is 5.56 Å². The van der Waals surface area contributed by atoms with Crippen molar-refractivity contribution in [1.82, 2.24) is 5.32 Å². The summed E-state index contributed by atoms with van der Waals surface area (Å²) in [6, 6.07) is 15.5. The van der Waals surface area contributed by atoms with Gasteiger partial charge in [0.1, 0.15) is 0 Å². The third-order valence-corrected chi connectivity index (χ3v) is 3.64. The van der Waals surface area contributed by atoms with Gasteiger partial charge in [0.05, 0.1) is 0 Å². The molecule has 1 nitrogen and oxygen atoms in total. The minimum absolute atomic E-state index is 0.573. The Bertz CT molecular complexity index is 540. The third-order valence-electron chi connectivity index (χ3n) is 2.92. The summed E-state index contributed by atoms with van der Waals surface area (Å²) in [7, 11) is 0. The van der Waals surface area contributed by atoms with Crippen molar-refractivity contribution < 1.29 is 8.78 Å². The van der Waals surface area contributed by atoms with E-state index in [0.717, 1.165) is 24.2 Å². The number of halogens is 2. The predicted molar refractivity (Wildman–Crippen MR) is 81.1 cm³/mol. The van der Waals surface area contributed by atoms with Crippen molar-refractivity contribution in [2.45, 2.75) is 24.1 Å². The largest absolute Gasteiger partial charge is 0.313 e. The molecule has 2 aromatic rings. The van der Waals surface area contributed by atoms with Crippen molar-refractivity contribution >= 4 is 11.8 Å². The first-order chi connectivity index (χ1) is 9.69. The summed E-state index contributed by atoms with van der Waals surface area (Å²) in [5.41, 5.74) is 3.37. The van der Waals surface area contributed by atoms with Gasteiger partial charge in [-0.3, -0.25) is 0 Å². The molecule has 0 saturated carbocycles. The molecule has 2 aromatic carbocycles. The molecular weight excluding hydrogens is 276 g/mol. The molecule has 0 aliphatic rings. The standard InChI is InChI=1S/C16H17F2NS/c1-2-19-11-12-4-3-5-14(10-12)13-6-8-15(9-7-13)20-16(17)18/h3-10,16,19H,2,11H2,1H3. The molecule has 106 valence electrons. The molecule has 0 radical (unpaired) electrons. The lowest BCUT2D eigenvalue weighted by molar-refractivity contribution is 0.252. The van der Waals surface area contributed by atoms with Crippen LogP contribution in [0.5, 0.6) is 0 Å². The average Bonchev–Trinajstić information content (AvgIpc) is 2.45. The van der Waals surface area contributed by atoms with Crippen molar-refractivity contribution in [3.8, 4) is 11.1 Å². The molecule has 2 rings (SSSR count). The minimum Gasteiger partial charge on any atom is -0.313 e. The van der Waals surface area contributed by atoms with Gasteiger partial charge in [0.15, 0.2) is 0 Å². The van der Waals surface area contributed by atoms with E-state index < -0.39 is 5.76 Å². The highest BCUT2D eigenvalue weighted by Crippen LogP contribution is 2.28. The fourth-order valence-corrected chi connectivity index (χ4v) is 2.46. The van der Waals surface area contributed by atoms with Gasteiger partial charge in [-0.05, 0) is 41.4 Å². The monoisotopic (exact) mass is 293 g/mol. The maximum atomic E-state index is 12.3. The molecule has 0 amide bonds. The fraction of sp³-hybridized carbons (Fsp3) is 0.250. The van der Waals surface area contributed by atoms with Crippen molar-refractivity contribution in [3.63, 3.8) is 0 Å². The Morgan fingerprint density at radius 1 is 1.05 bits per heavy atom. The van der Waals surface area contributed by atoms with E-state index in [9.17, 15) is 8.78 Å². The highest BCUT2D eigenvalue weighted by atomic mass is 32.2. The summed E-state index contributed by atoms with van der Waals surface area (Å²) < 4.78 is 24.5. The Kier molecular flexibility index (Phi) is 5.56. The number of rotatable bonds is 6. The quantitative estimate of drug-likeness (QED) is 0.769. The Labute approximate surface area is 122 Å². The molecule has 0 bridgehead atoms. The first-order valence-electron chi connectivity index (χ1n) is 6.54. The molecule has 0 unspecified atom stereocenters. The second kappa shape index (κ2) is 7.41. The zero-order valence-electron chi connectivity index (χ0n) is 11.3. The number of alkyl halides is 2.